The number of para-hydroxylation sites is 1. The van der Waals surface area contributed by atoms with Crippen LogP contribution in [0.15, 0.2) is 35.3 Å². The Hall–Kier alpha value is -1.92. The summed E-state index contributed by atoms with van der Waals surface area (Å²) in [5, 5.41) is 23.7. The van der Waals surface area contributed by atoms with Crippen LogP contribution in [0.3, 0.4) is 0 Å². The molecule has 1 heterocycles. The highest BCUT2D eigenvalue weighted by Gasteiger charge is 2.52. The first-order valence-corrected chi connectivity index (χ1v) is 12.6. The molecule has 2 rings (SSSR count). The zero-order valence-electron chi connectivity index (χ0n) is 19.5. The van der Waals surface area contributed by atoms with Crippen molar-refractivity contribution in [3.63, 3.8) is 0 Å². The minimum absolute atomic E-state index is 0.191. The molecule has 6 atom stereocenters. The van der Waals surface area contributed by atoms with E-state index in [0.29, 0.717) is 0 Å². The fourth-order valence-corrected chi connectivity index (χ4v) is 4.54. The molecule has 0 radical (unpaired) electrons. The van der Waals surface area contributed by atoms with Gasteiger partial charge in [0.1, 0.15) is 29.6 Å². The number of aliphatic hydroxyl groups is 2. The third-order valence-corrected chi connectivity index (χ3v) is 6.53. The number of hydrogen-bond donors (Lipinski definition) is 4. The standard InChI is InChI=1S/C21H32N3O8PS/c1-13(2)30-19(26)14(3)24-33(28,32-15-8-6-5-7-9-15)29-12-16-18(25)21(4,27)20(31-16)23-11-10-17(22)34/h5-9,11,13-14,16,18,20,25,27H,10,12H2,1-4H3,(H2,22,34)(H,24,28). The molecule has 0 spiro atoms. The number of aliphatic hydroxyl groups excluding tert-OH is 1. The number of esters is 1. The van der Waals surface area contributed by atoms with Crippen molar-refractivity contribution in [2.24, 2.45) is 10.7 Å². The van der Waals surface area contributed by atoms with Crippen LogP contribution in [-0.4, -0.2) is 70.2 Å². The Labute approximate surface area is 204 Å². The summed E-state index contributed by atoms with van der Waals surface area (Å²) < 4.78 is 35.3. The second-order valence-corrected chi connectivity index (χ2v) is 10.5. The van der Waals surface area contributed by atoms with E-state index >= 15 is 0 Å². The molecule has 0 bridgehead atoms. The van der Waals surface area contributed by atoms with Crippen molar-refractivity contribution in [1.82, 2.24) is 5.09 Å². The number of thiocarbonyl (C=S) groups is 1. The normalized spacial score (nSPS) is 27.4. The second kappa shape index (κ2) is 12.2. The first-order chi connectivity index (χ1) is 15.8. The Morgan fingerprint density at radius 3 is 2.62 bits per heavy atom. The predicted molar refractivity (Wildman–Crippen MR) is 130 cm³/mol. The molecule has 1 aliphatic rings. The summed E-state index contributed by atoms with van der Waals surface area (Å²) in [6.07, 6.45) is -2.46. The fourth-order valence-electron chi connectivity index (χ4n) is 2.96. The maximum Gasteiger partial charge on any atom is 0.459 e. The number of nitrogens with one attached hydrogen (secondary N) is 1. The van der Waals surface area contributed by atoms with Crippen molar-refractivity contribution in [2.75, 3.05) is 6.61 Å². The van der Waals surface area contributed by atoms with Gasteiger partial charge in [-0.05, 0) is 39.8 Å². The lowest BCUT2D eigenvalue weighted by Gasteiger charge is -2.26. The maximum absolute atomic E-state index is 13.5. The molecule has 0 saturated carbocycles. The molecule has 5 N–H and O–H groups in total. The van der Waals surface area contributed by atoms with Gasteiger partial charge in [0.05, 0.1) is 17.7 Å². The Kier molecular flexibility index (Phi) is 10.1. The van der Waals surface area contributed by atoms with E-state index in [9.17, 15) is 19.6 Å². The summed E-state index contributed by atoms with van der Waals surface area (Å²) in [5.41, 5.74) is 3.67. The third-order valence-electron chi connectivity index (χ3n) is 4.72. The number of aliphatic imine (C=N–C) groups is 1. The molecule has 0 amide bonds. The number of carbonyl (C=O) groups excluding carboxylic acids is 1. The summed E-state index contributed by atoms with van der Waals surface area (Å²) in [5.74, 6) is -0.425. The van der Waals surface area contributed by atoms with E-state index in [1.165, 1.54) is 20.1 Å². The van der Waals surface area contributed by atoms with Crippen molar-refractivity contribution in [3.8, 4) is 5.75 Å². The number of rotatable bonds is 12. The number of nitrogens with zero attached hydrogens (tertiary/aromatic N) is 1. The quantitative estimate of drug-likeness (QED) is 0.138. The molecule has 13 heteroatoms. The average molecular weight is 518 g/mol. The number of carbonyl (C=O) groups is 1. The topological polar surface area (TPSA) is 162 Å². The summed E-state index contributed by atoms with van der Waals surface area (Å²) in [4.78, 5) is 16.5. The van der Waals surface area contributed by atoms with Crippen molar-refractivity contribution >= 4 is 37.1 Å². The molecule has 1 saturated heterocycles. The lowest BCUT2D eigenvalue weighted by atomic mass is 9.97. The summed E-state index contributed by atoms with van der Waals surface area (Å²) in [7, 11) is -4.17. The van der Waals surface area contributed by atoms with Crippen LogP contribution in [0.25, 0.3) is 0 Å². The van der Waals surface area contributed by atoms with Crippen LogP contribution in [0.5, 0.6) is 5.75 Å². The fraction of sp³-hybridized carbons (Fsp3) is 0.571. The number of hydrogen-bond acceptors (Lipinski definition) is 10. The highest BCUT2D eigenvalue weighted by Crippen LogP contribution is 2.46. The van der Waals surface area contributed by atoms with Gasteiger partial charge in [0.15, 0.2) is 6.23 Å². The van der Waals surface area contributed by atoms with Crippen LogP contribution in [0.1, 0.15) is 34.1 Å². The molecule has 34 heavy (non-hydrogen) atoms. The lowest BCUT2D eigenvalue weighted by Crippen LogP contribution is -2.45. The second-order valence-electron chi connectivity index (χ2n) is 8.23. The van der Waals surface area contributed by atoms with Crippen molar-refractivity contribution in [2.45, 2.75) is 70.3 Å². The Morgan fingerprint density at radius 1 is 1.38 bits per heavy atom. The van der Waals surface area contributed by atoms with Crippen molar-refractivity contribution in [3.05, 3.63) is 30.3 Å². The minimum atomic E-state index is -4.17. The Balaban J connectivity index is 2.14. The molecule has 6 unspecified atom stereocenters. The van der Waals surface area contributed by atoms with E-state index in [1.807, 2.05) is 0 Å². The first kappa shape index (κ1) is 28.3. The van der Waals surface area contributed by atoms with Crippen LogP contribution >= 0.6 is 20.0 Å². The van der Waals surface area contributed by atoms with Gasteiger partial charge in [-0.3, -0.25) is 14.3 Å². The zero-order valence-corrected chi connectivity index (χ0v) is 21.2. The van der Waals surface area contributed by atoms with Crippen molar-refractivity contribution < 1.29 is 38.1 Å². The lowest BCUT2D eigenvalue weighted by molar-refractivity contribution is -0.149. The van der Waals surface area contributed by atoms with Gasteiger partial charge in [-0.2, -0.15) is 5.09 Å². The molecule has 1 fully saturated rings. The van der Waals surface area contributed by atoms with E-state index in [1.54, 1.807) is 44.2 Å². The first-order valence-electron chi connectivity index (χ1n) is 10.7. The summed E-state index contributed by atoms with van der Waals surface area (Å²) in [6.45, 7) is 5.73. The summed E-state index contributed by atoms with van der Waals surface area (Å²) >= 11 is 4.78. The van der Waals surface area contributed by atoms with Crippen LogP contribution < -0.4 is 15.3 Å². The van der Waals surface area contributed by atoms with Gasteiger partial charge < -0.3 is 29.9 Å². The monoisotopic (exact) mass is 517 g/mol. The molecule has 0 aromatic heterocycles. The predicted octanol–water partition coefficient (Wildman–Crippen LogP) is 1.70. The van der Waals surface area contributed by atoms with Crippen LogP contribution in [0.4, 0.5) is 0 Å². The third kappa shape index (κ3) is 8.09. The van der Waals surface area contributed by atoms with E-state index in [-0.39, 0.29) is 23.3 Å². The highest BCUT2D eigenvalue weighted by atomic mass is 32.1. The molecule has 190 valence electrons. The number of nitrogens with two attached hydrogens (primary N) is 1. The van der Waals surface area contributed by atoms with E-state index in [0.717, 1.165) is 0 Å². The number of ether oxygens (including phenoxy) is 2. The van der Waals surface area contributed by atoms with Gasteiger partial charge in [-0.25, -0.2) is 4.57 Å². The van der Waals surface area contributed by atoms with E-state index in [4.69, 9.17) is 36.5 Å². The van der Waals surface area contributed by atoms with Gasteiger partial charge >= 0.3 is 13.7 Å². The van der Waals surface area contributed by atoms with Crippen LogP contribution in [0.2, 0.25) is 0 Å². The Morgan fingerprint density at radius 2 is 2.03 bits per heavy atom. The van der Waals surface area contributed by atoms with Gasteiger partial charge in [0.2, 0.25) is 0 Å². The minimum Gasteiger partial charge on any atom is -0.462 e. The SMILES string of the molecule is CC(C)OC(=O)C(C)NP(=O)(OCC1OC(N=CCC(N)=S)C(C)(O)C1O)Oc1ccccc1. The van der Waals surface area contributed by atoms with Crippen molar-refractivity contribution in [1.29, 1.82) is 0 Å². The number of benzene rings is 1. The molecule has 1 aliphatic heterocycles. The van der Waals surface area contributed by atoms with E-state index < -0.39 is 50.4 Å². The molecule has 11 nitrogen and oxygen atoms in total. The average Bonchev–Trinajstić information content (AvgIpc) is 2.95. The van der Waals surface area contributed by atoms with Crippen LogP contribution in [-0.2, 0) is 23.4 Å². The Bertz CT molecular complexity index is 915. The molecular formula is C21H32N3O8PS. The van der Waals surface area contributed by atoms with Gasteiger partial charge in [0, 0.05) is 12.6 Å². The zero-order chi connectivity index (χ0) is 25.5. The van der Waals surface area contributed by atoms with Crippen LogP contribution in [0, 0.1) is 0 Å². The molecule has 1 aromatic rings. The van der Waals surface area contributed by atoms with Gasteiger partial charge in [0.25, 0.3) is 0 Å². The highest BCUT2D eigenvalue weighted by molar-refractivity contribution is 7.80. The van der Waals surface area contributed by atoms with Gasteiger partial charge in [-0.1, -0.05) is 30.4 Å². The molecular weight excluding hydrogens is 485 g/mol. The van der Waals surface area contributed by atoms with E-state index in [2.05, 4.69) is 10.1 Å². The smallest absolute Gasteiger partial charge is 0.459 e. The molecule has 0 aliphatic carbocycles. The molecule has 1 aromatic carbocycles. The largest absolute Gasteiger partial charge is 0.462 e. The maximum atomic E-state index is 13.5. The van der Waals surface area contributed by atoms with Gasteiger partial charge in [-0.15, -0.1) is 0 Å². The summed E-state index contributed by atoms with van der Waals surface area (Å²) in [6, 6.07) is 7.18.